The van der Waals surface area contributed by atoms with Crippen LogP contribution >= 0.6 is 0 Å². The number of nitrogens with zero attached hydrogens (tertiary/aromatic N) is 2. The fourth-order valence-corrected chi connectivity index (χ4v) is 1.63. The summed E-state index contributed by atoms with van der Waals surface area (Å²) in [5.74, 6) is 5.15. The van der Waals surface area contributed by atoms with Gasteiger partial charge in [-0.2, -0.15) is 0 Å². The predicted molar refractivity (Wildman–Crippen MR) is 77.5 cm³/mol. The van der Waals surface area contributed by atoms with Gasteiger partial charge in [0, 0.05) is 31.4 Å². The molecular weight excluding hydrogens is 262 g/mol. The SMILES string of the molecule is CCCNC(=O)CN(C)c1cc(NN)cc([N+](=O)[O-])c1. The van der Waals surface area contributed by atoms with Crippen molar-refractivity contribution in [2.45, 2.75) is 13.3 Å². The Morgan fingerprint density at radius 2 is 2.15 bits per heavy atom. The Morgan fingerprint density at radius 3 is 2.70 bits per heavy atom. The summed E-state index contributed by atoms with van der Waals surface area (Å²) < 4.78 is 0. The van der Waals surface area contributed by atoms with Gasteiger partial charge in [0.15, 0.2) is 0 Å². The fourth-order valence-electron chi connectivity index (χ4n) is 1.63. The molecule has 0 aliphatic rings. The molecule has 1 rings (SSSR count). The number of nitrogens with two attached hydrogens (primary N) is 1. The number of likely N-dealkylation sites (N-methyl/N-ethyl adjacent to an activating group) is 1. The van der Waals surface area contributed by atoms with Crippen molar-refractivity contribution in [1.82, 2.24) is 5.32 Å². The molecule has 0 radical (unpaired) electrons. The lowest BCUT2D eigenvalue weighted by Crippen LogP contribution is -2.35. The molecule has 4 N–H and O–H groups in total. The summed E-state index contributed by atoms with van der Waals surface area (Å²) in [6.07, 6.45) is 0.855. The van der Waals surface area contributed by atoms with Crippen LogP contribution in [0.25, 0.3) is 0 Å². The van der Waals surface area contributed by atoms with Gasteiger partial charge < -0.3 is 15.6 Å². The maximum Gasteiger partial charge on any atom is 0.273 e. The summed E-state index contributed by atoms with van der Waals surface area (Å²) in [5, 5.41) is 13.6. The molecule has 8 heteroatoms. The van der Waals surface area contributed by atoms with Crippen molar-refractivity contribution < 1.29 is 9.72 Å². The highest BCUT2D eigenvalue weighted by Gasteiger charge is 2.13. The highest BCUT2D eigenvalue weighted by atomic mass is 16.6. The molecule has 0 saturated carbocycles. The van der Waals surface area contributed by atoms with Crippen LogP contribution in [0.1, 0.15) is 13.3 Å². The van der Waals surface area contributed by atoms with Crippen molar-refractivity contribution in [3.8, 4) is 0 Å². The van der Waals surface area contributed by atoms with Crippen LogP contribution in [0, 0.1) is 10.1 Å². The number of nitrogens with one attached hydrogen (secondary N) is 2. The van der Waals surface area contributed by atoms with Gasteiger partial charge in [0.2, 0.25) is 5.91 Å². The molecule has 0 bridgehead atoms. The predicted octanol–water partition coefficient (Wildman–Crippen LogP) is 0.843. The summed E-state index contributed by atoms with van der Waals surface area (Å²) in [6.45, 7) is 2.69. The first kappa shape index (κ1) is 15.7. The zero-order valence-corrected chi connectivity index (χ0v) is 11.5. The fraction of sp³-hybridized carbons (Fsp3) is 0.417. The van der Waals surface area contributed by atoms with Gasteiger partial charge in [0.1, 0.15) is 0 Å². The van der Waals surface area contributed by atoms with Crippen LogP contribution in [0.5, 0.6) is 0 Å². The Balaban J connectivity index is 2.86. The molecule has 0 saturated heterocycles. The average molecular weight is 281 g/mol. The first-order valence-electron chi connectivity index (χ1n) is 6.21. The van der Waals surface area contributed by atoms with Crippen LogP contribution in [0.2, 0.25) is 0 Å². The van der Waals surface area contributed by atoms with Crippen LogP contribution in [0.15, 0.2) is 18.2 Å². The van der Waals surface area contributed by atoms with Gasteiger partial charge >= 0.3 is 0 Å². The molecule has 1 amide bonds. The third kappa shape index (κ3) is 4.39. The van der Waals surface area contributed by atoms with E-state index in [9.17, 15) is 14.9 Å². The molecule has 20 heavy (non-hydrogen) atoms. The highest BCUT2D eigenvalue weighted by Crippen LogP contribution is 2.25. The zero-order valence-electron chi connectivity index (χ0n) is 11.5. The molecule has 8 nitrogen and oxygen atoms in total. The van der Waals surface area contributed by atoms with Gasteiger partial charge in [-0.1, -0.05) is 6.92 Å². The molecule has 110 valence electrons. The van der Waals surface area contributed by atoms with E-state index in [0.29, 0.717) is 17.9 Å². The number of nitrogen functional groups attached to an aromatic ring is 1. The second-order valence-corrected chi connectivity index (χ2v) is 4.35. The summed E-state index contributed by atoms with van der Waals surface area (Å²) >= 11 is 0. The Labute approximate surface area is 117 Å². The number of anilines is 2. The summed E-state index contributed by atoms with van der Waals surface area (Å²) in [7, 11) is 1.69. The number of non-ortho nitro benzene ring substituents is 1. The number of hydrogen-bond acceptors (Lipinski definition) is 6. The van der Waals surface area contributed by atoms with Crippen molar-refractivity contribution in [3.63, 3.8) is 0 Å². The maximum atomic E-state index is 11.6. The Hall–Kier alpha value is -2.35. The van der Waals surface area contributed by atoms with Crippen molar-refractivity contribution in [1.29, 1.82) is 0 Å². The van der Waals surface area contributed by atoms with Gasteiger partial charge in [-0.25, -0.2) is 0 Å². The lowest BCUT2D eigenvalue weighted by Gasteiger charge is -2.19. The number of carbonyl (C=O) groups excluding carboxylic acids is 1. The van der Waals surface area contributed by atoms with Crippen molar-refractivity contribution in [2.75, 3.05) is 30.5 Å². The third-order valence-electron chi connectivity index (χ3n) is 2.67. The number of nitro benzene ring substituents is 1. The second kappa shape index (κ2) is 7.29. The summed E-state index contributed by atoms with van der Waals surface area (Å²) in [6, 6.07) is 4.36. The molecular formula is C12H19N5O3. The van der Waals surface area contributed by atoms with E-state index in [2.05, 4.69) is 10.7 Å². The quantitative estimate of drug-likeness (QED) is 0.388. The zero-order chi connectivity index (χ0) is 15.1. The van der Waals surface area contributed by atoms with E-state index >= 15 is 0 Å². The average Bonchev–Trinajstić information content (AvgIpc) is 2.44. The van der Waals surface area contributed by atoms with E-state index < -0.39 is 4.92 Å². The first-order chi connectivity index (χ1) is 9.47. The van der Waals surface area contributed by atoms with Crippen LogP contribution < -0.4 is 21.5 Å². The standard InChI is InChI=1S/C12H19N5O3/c1-3-4-14-12(18)8-16(2)10-5-9(15-13)6-11(7-10)17(19)20/h5-7,15H,3-4,8,13H2,1-2H3,(H,14,18). The van der Waals surface area contributed by atoms with Gasteiger partial charge in [-0.05, 0) is 12.5 Å². The van der Waals surface area contributed by atoms with E-state index in [0.717, 1.165) is 6.42 Å². The number of nitro groups is 1. The van der Waals surface area contributed by atoms with E-state index in [-0.39, 0.29) is 18.1 Å². The molecule has 0 unspecified atom stereocenters. The lowest BCUT2D eigenvalue weighted by atomic mass is 10.2. The van der Waals surface area contributed by atoms with E-state index in [1.54, 1.807) is 18.0 Å². The lowest BCUT2D eigenvalue weighted by molar-refractivity contribution is -0.384. The van der Waals surface area contributed by atoms with Crippen LogP contribution in [0.3, 0.4) is 0 Å². The monoisotopic (exact) mass is 281 g/mol. The van der Waals surface area contributed by atoms with Gasteiger partial charge in [0.25, 0.3) is 5.69 Å². The number of hydrogen-bond donors (Lipinski definition) is 3. The number of rotatable bonds is 7. The van der Waals surface area contributed by atoms with Gasteiger partial charge in [-0.15, -0.1) is 0 Å². The normalized spacial score (nSPS) is 9.95. The van der Waals surface area contributed by atoms with Crippen LogP contribution in [0.4, 0.5) is 17.1 Å². The van der Waals surface area contributed by atoms with E-state index in [1.807, 2.05) is 6.92 Å². The molecule has 0 atom stereocenters. The molecule has 0 aliphatic heterocycles. The Bertz CT molecular complexity index is 492. The minimum absolute atomic E-state index is 0.0868. The third-order valence-corrected chi connectivity index (χ3v) is 2.67. The molecule has 0 heterocycles. The molecule has 0 fully saturated rings. The van der Waals surface area contributed by atoms with E-state index in [1.165, 1.54) is 12.1 Å². The summed E-state index contributed by atoms with van der Waals surface area (Å²) in [5.41, 5.74) is 3.24. The van der Waals surface area contributed by atoms with E-state index in [4.69, 9.17) is 5.84 Å². The molecule has 0 aromatic heterocycles. The van der Waals surface area contributed by atoms with Crippen molar-refractivity contribution in [2.24, 2.45) is 5.84 Å². The van der Waals surface area contributed by atoms with Crippen LogP contribution in [-0.4, -0.2) is 31.0 Å². The first-order valence-corrected chi connectivity index (χ1v) is 6.21. The topological polar surface area (TPSA) is 114 Å². The van der Waals surface area contributed by atoms with Crippen LogP contribution in [-0.2, 0) is 4.79 Å². The summed E-state index contributed by atoms with van der Waals surface area (Å²) in [4.78, 5) is 23.6. The van der Waals surface area contributed by atoms with Gasteiger partial charge in [-0.3, -0.25) is 20.8 Å². The highest BCUT2D eigenvalue weighted by molar-refractivity contribution is 5.81. The van der Waals surface area contributed by atoms with Gasteiger partial charge in [0.05, 0.1) is 17.2 Å². The van der Waals surface area contributed by atoms with Crippen molar-refractivity contribution in [3.05, 3.63) is 28.3 Å². The molecule has 1 aromatic rings. The molecule has 0 aliphatic carbocycles. The maximum absolute atomic E-state index is 11.6. The van der Waals surface area contributed by atoms with Crippen molar-refractivity contribution >= 4 is 23.0 Å². The number of hydrazine groups is 1. The number of carbonyl (C=O) groups is 1. The minimum atomic E-state index is -0.505. The largest absolute Gasteiger partial charge is 0.365 e. The number of amides is 1. The Morgan fingerprint density at radius 1 is 1.45 bits per heavy atom. The minimum Gasteiger partial charge on any atom is -0.365 e. The molecule has 0 spiro atoms. The second-order valence-electron chi connectivity index (χ2n) is 4.35. The smallest absolute Gasteiger partial charge is 0.273 e. The number of benzene rings is 1. The Kier molecular flexibility index (Phi) is 5.73. The molecule has 1 aromatic carbocycles.